The summed E-state index contributed by atoms with van der Waals surface area (Å²) in [7, 11) is 0. The number of hydrogen-bond acceptors (Lipinski definition) is 3. The minimum Gasteiger partial charge on any atom is -0.404 e. The molecule has 0 aliphatic rings. The Labute approximate surface area is 157 Å². The number of aromatic nitrogens is 2. The quantitative estimate of drug-likeness (QED) is 0.536. The molecule has 1 aromatic heterocycles. The van der Waals surface area contributed by atoms with E-state index in [0.29, 0.717) is 16.7 Å². The predicted molar refractivity (Wildman–Crippen MR) is 108 cm³/mol. The van der Waals surface area contributed by atoms with E-state index in [4.69, 9.17) is 4.84 Å². The normalized spacial score (nSPS) is 10.7. The number of nitrogens with zero attached hydrogens (tertiary/aromatic N) is 2. The van der Waals surface area contributed by atoms with E-state index in [2.05, 4.69) is 11.6 Å². The number of hydrogen-bond donors (Lipinski definition) is 0. The molecule has 0 aliphatic heterocycles. The molecular formula is C23H18N2O2. The molecule has 1 heterocycles. The topological polar surface area (TPSA) is 44.1 Å². The summed E-state index contributed by atoms with van der Waals surface area (Å²) in [5.74, 6) is 0.488. The highest BCUT2D eigenvalue weighted by atomic mass is 16.7. The summed E-state index contributed by atoms with van der Waals surface area (Å²) in [6.07, 6.45) is 1.79. The fraction of sp³-hybridized carbons (Fsp3) is 0.0435. The first kappa shape index (κ1) is 16.8. The predicted octanol–water partition coefficient (Wildman–Crippen LogP) is 4.34. The lowest BCUT2D eigenvalue weighted by molar-refractivity contribution is 0.0920. The second-order valence-electron chi connectivity index (χ2n) is 6.14. The average Bonchev–Trinajstić information content (AvgIpc) is 2.74. The molecule has 0 saturated heterocycles. The average molecular weight is 354 g/mol. The van der Waals surface area contributed by atoms with Gasteiger partial charge >= 0.3 is 0 Å². The molecule has 4 aromatic rings. The van der Waals surface area contributed by atoms with E-state index in [1.807, 2.05) is 72.8 Å². The van der Waals surface area contributed by atoms with Crippen molar-refractivity contribution in [3.8, 4) is 11.4 Å². The first-order chi connectivity index (χ1) is 13.3. The van der Waals surface area contributed by atoms with Crippen molar-refractivity contribution >= 4 is 17.0 Å². The largest absolute Gasteiger partial charge is 0.404 e. The van der Waals surface area contributed by atoms with Gasteiger partial charge in [-0.1, -0.05) is 79.4 Å². The molecule has 4 heteroatoms. The van der Waals surface area contributed by atoms with Gasteiger partial charge in [-0.25, -0.2) is 4.98 Å². The second kappa shape index (κ2) is 7.30. The van der Waals surface area contributed by atoms with Crippen LogP contribution in [0.1, 0.15) is 11.1 Å². The molecule has 0 saturated carbocycles. The van der Waals surface area contributed by atoms with E-state index in [1.165, 1.54) is 4.73 Å². The van der Waals surface area contributed by atoms with Gasteiger partial charge in [0.1, 0.15) is 6.61 Å². The summed E-state index contributed by atoms with van der Waals surface area (Å²) in [4.78, 5) is 23.6. The van der Waals surface area contributed by atoms with Crippen LogP contribution in [0.25, 0.3) is 28.4 Å². The molecule has 0 radical (unpaired) electrons. The highest BCUT2D eigenvalue weighted by Gasteiger charge is 2.13. The van der Waals surface area contributed by atoms with Crippen LogP contribution >= 0.6 is 0 Å². The van der Waals surface area contributed by atoms with Crippen molar-refractivity contribution in [3.63, 3.8) is 0 Å². The van der Waals surface area contributed by atoms with E-state index in [9.17, 15) is 4.79 Å². The molecule has 0 unspecified atom stereocenters. The zero-order valence-corrected chi connectivity index (χ0v) is 14.7. The van der Waals surface area contributed by atoms with Crippen LogP contribution in [0, 0.1) is 0 Å². The van der Waals surface area contributed by atoms with Gasteiger partial charge in [0.2, 0.25) is 0 Å². The van der Waals surface area contributed by atoms with E-state index in [-0.39, 0.29) is 12.2 Å². The van der Waals surface area contributed by atoms with Crippen LogP contribution in [0.2, 0.25) is 0 Å². The minimum absolute atomic E-state index is 0.220. The number of para-hydroxylation sites is 1. The van der Waals surface area contributed by atoms with Gasteiger partial charge in [-0.05, 0) is 23.3 Å². The van der Waals surface area contributed by atoms with Gasteiger partial charge < -0.3 is 4.84 Å². The van der Waals surface area contributed by atoms with Crippen molar-refractivity contribution in [2.75, 3.05) is 0 Å². The zero-order chi connectivity index (χ0) is 18.6. The van der Waals surface area contributed by atoms with Crippen molar-refractivity contribution in [1.29, 1.82) is 0 Å². The molecule has 4 rings (SSSR count). The molecule has 0 spiro atoms. The molecule has 27 heavy (non-hydrogen) atoms. The standard InChI is InChI=1S/C23H18N2O2/c1-2-17-12-14-18(15-13-17)16-27-25-22(19-8-4-3-5-9-19)24-21-11-7-6-10-20(21)23(25)26/h2-15H,1,16H2. The summed E-state index contributed by atoms with van der Waals surface area (Å²) in [6, 6.07) is 24.7. The number of rotatable bonds is 5. The Morgan fingerprint density at radius 3 is 2.37 bits per heavy atom. The Bertz CT molecular complexity index is 1150. The van der Waals surface area contributed by atoms with Crippen LogP contribution in [0.3, 0.4) is 0 Å². The van der Waals surface area contributed by atoms with E-state index in [0.717, 1.165) is 16.7 Å². The maximum Gasteiger partial charge on any atom is 0.294 e. The third-order valence-electron chi connectivity index (χ3n) is 4.35. The Hall–Kier alpha value is -3.66. The Morgan fingerprint density at radius 1 is 0.926 bits per heavy atom. The van der Waals surface area contributed by atoms with Gasteiger partial charge in [0, 0.05) is 5.56 Å². The van der Waals surface area contributed by atoms with Gasteiger partial charge in [-0.15, -0.1) is 4.73 Å². The minimum atomic E-state index is -0.220. The van der Waals surface area contributed by atoms with Gasteiger partial charge in [-0.2, -0.15) is 0 Å². The van der Waals surface area contributed by atoms with E-state index in [1.54, 1.807) is 12.1 Å². The molecule has 132 valence electrons. The molecule has 0 aliphatic carbocycles. The summed E-state index contributed by atoms with van der Waals surface area (Å²) in [6.45, 7) is 4.02. The third kappa shape index (κ3) is 3.37. The van der Waals surface area contributed by atoms with Crippen LogP contribution in [0.15, 0.2) is 90.2 Å². The van der Waals surface area contributed by atoms with Crippen LogP contribution < -0.4 is 10.4 Å². The van der Waals surface area contributed by atoms with Crippen molar-refractivity contribution in [2.45, 2.75) is 6.61 Å². The molecule has 4 nitrogen and oxygen atoms in total. The maximum absolute atomic E-state index is 13.0. The first-order valence-corrected chi connectivity index (χ1v) is 8.68. The Balaban J connectivity index is 1.78. The van der Waals surface area contributed by atoms with Crippen molar-refractivity contribution in [3.05, 3.63) is 107 Å². The maximum atomic E-state index is 13.0. The lowest BCUT2D eigenvalue weighted by Gasteiger charge is -2.14. The van der Waals surface area contributed by atoms with Gasteiger partial charge in [0.25, 0.3) is 5.56 Å². The SMILES string of the molecule is C=Cc1ccc(COn2c(-c3ccccc3)nc3ccccc3c2=O)cc1. The smallest absolute Gasteiger partial charge is 0.294 e. The van der Waals surface area contributed by atoms with Crippen molar-refractivity contribution in [1.82, 2.24) is 9.71 Å². The van der Waals surface area contributed by atoms with Crippen LogP contribution in [-0.2, 0) is 6.61 Å². The van der Waals surface area contributed by atoms with Gasteiger partial charge in [0.05, 0.1) is 10.9 Å². The summed E-state index contributed by atoms with van der Waals surface area (Å²) in [5, 5.41) is 0.527. The fourth-order valence-corrected chi connectivity index (χ4v) is 2.89. The highest BCUT2D eigenvalue weighted by Crippen LogP contribution is 2.18. The summed E-state index contributed by atoms with van der Waals surface area (Å²) in [5.41, 5.74) is 3.24. The summed E-state index contributed by atoms with van der Waals surface area (Å²) >= 11 is 0. The lowest BCUT2D eigenvalue weighted by Crippen LogP contribution is -2.29. The van der Waals surface area contributed by atoms with Gasteiger partial charge in [0.15, 0.2) is 5.82 Å². The molecule has 0 fully saturated rings. The summed E-state index contributed by atoms with van der Waals surface area (Å²) < 4.78 is 1.29. The lowest BCUT2D eigenvalue weighted by atomic mass is 10.1. The molecule has 0 atom stereocenters. The van der Waals surface area contributed by atoms with Crippen LogP contribution in [-0.4, -0.2) is 9.71 Å². The fourth-order valence-electron chi connectivity index (χ4n) is 2.89. The molecule has 0 amide bonds. The second-order valence-corrected chi connectivity index (χ2v) is 6.14. The van der Waals surface area contributed by atoms with Gasteiger partial charge in [-0.3, -0.25) is 4.79 Å². The highest BCUT2D eigenvalue weighted by molar-refractivity contribution is 5.79. The molecular weight excluding hydrogens is 336 g/mol. The number of fused-ring (bicyclic) bond motifs is 1. The van der Waals surface area contributed by atoms with Crippen LogP contribution in [0.5, 0.6) is 0 Å². The van der Waals surface area contributed by atoms with E-state index >= 15 is 0 Å². The number of benzene rings is 3. The molecule has 0 N–H and O–H groups in total. The van der Waals surface area contributed by atoms with Crippen LogP contribution in [0.4, 0.5) is 0 Å². The van der Waals surface area contributed by atoms with Crippen molar-refractivity contribution in [2.24, 2.45) is 0 Å². The zero-order valence-electron chi connectivity index (χ0n) is 14.7. The first-order valence-electron chi connectivity index (χ1n) is 8.68. The molecule has 3 aromatic carbocycles. The monoisotopic (exact) mass is 354 g/mol. The third-order valence-corrected chi connectivity index (χ3v) is 4.35. The van der Waals surface area contributed by atoms with Crippen molar-refractivity contribution < 1.29 is 4.84 Å². The molecule has 0 bridgehead atoms. The Kier molecular flexibility index (Phi) is 4.54. The Morgan fingerprint density at radius 2 is 1.63 bits per heavy atom. The van der Waals surface area contributed by atoms with E-state index < -0.39 is 0 Å².